The van der Waals surface area contributed by atoms with Gasteiger partial charge in [0.1, 0.15) is 30.0 Å². The van der Waals surface area contributed by atoms with Gasteiger partial charge in [0.15, 0.2) is 18.9 Å². The minimum atomic E-state index is -4.39. The van der Waals surface area contributed by atoms with E-state index in [2.05, 4.69) is 6.92 Å². The maximum atomic E-state index is 12.7. The molecule has 0 saturated heterocycles. The van der Waals surface area contributed by atoms with Crippen molar-refractivity contribution in [3.05, 3.63) is 84.2 Å². The Morgan fingerprint density at radius 1 is 0.795 bits per heavy atom. The Balaban J connectivity index is 1.38. The van der Waals surface area contributed by atoms with Crippen LogP contribution in [0.3, 0.4) is 0 Å². The van der Waals surface area contributed by atoms with Crippen molar-refractivity contribution in [2.24, 2.45) is 0 Å². The Kier molecular flexibility index (Phi) is 16.3. The lowest BCUT2D eigenvalue weighted by Crippen LogP contribution is -2.32. The first-order valence-corrected chi connectivity index (χ1v) is 17.5. The maximum Gasteiger partial charge on any atom is 0.527 e. The van der Waals surface area contributed by atoms with Gasteiger partial charge in [0.25, 0.3) is 0 Å². The number of methoxy groups -OCH3 is 1. The fraction of sp³-hybridized carbons (Fsp3) is 0.514. The number of ether oxygens (including phenoxy) is 3. The number of nitrogens with zero attached hydrogens (tertiary/aromatic N) is 1. The molecule has 2 aromatic carbocycles. The zero-order valence-corrected chi connectivity index (χ0v) is 27.6. The molecule has 8 nitrogen and oxygen atoms in total. The van der Waals surface area contributed by atoms with Crippen molar-refractivity contribution in [2.75, 3.05) is 26.9 Å². The SMILES string of the molecule is CCCCCCCCCCCCOc1cccc(OCC(COP(=O)(O)Oc2cccc(C[n+]3ccccc3)c2)OC)c1C. The smallest absolute Gasteiger partial charge is 0.493 e. The molecule has 1 N–H and O–H groups in total. The van der Waals surface area contributed by atoms with Gasteiger partial charge >= 0.3 is 7.82 Å². The van der Waals surface area contributed by atoms with Crippen LogP contribution in [-0.2, 0) is 20.4 Å². The van der Waals surface area contributed by atoms with Crippen LogP contribution in [0, 0.1) is 6.92 Å². The van der Waals surface area contributed by atoms with E-state index in [0.29, 0.717) is 18.9 Å². The van der Waals surface area contributed by atoms with Crippen molar-refractivity contribution < 1.29 is 37.3 Å². The van der Waals surface area contributed by atoms with Crippen LogP contribution in [0.15, 0.2) is 73.1 Å². The van der Waals surface area contributed by atoms with Gasteiger partial charge in [-0.1, -0.05) is 89.0 Å². The minimum Gasteiger partial charge on any atom is -0.493 e. The third kappa shape index (κ3) is 13.8. The Labute approximate surface area is 263 Å². The summed E-state index contributed by atoms with van der Waals surface area (Å²) in [5.41, 5.74) is 1.83. The zero-order chi connectivity index (χ0) is 31.5. The molecular weight excluding hydrogens is 577 g/mol. The number of aromatic nitrogens is 1. The quantitative estimate of drug-likeness (QED) is 0.0643. The summed E-state index contributed by atoms with van der Waals surface area (Å²) in [6.45, 7) is 5.44. The van der Waals surface area contributed by atoms with Gasteiger partial charge in [-0.05, 0) is 37.6 Å². The van der Waals surface area contributed by atoms with Crippen LogP contribution in [0.5, 0.6) is 17.2 Å². The third-order valence-corrected chi connectivity index (χ3v) is 8.35. The standard InChI is InChI=1S/C35H50NO7P/c1-4-5-6-7-8-9-10-11-12-16-25-40-34-21-18-22-35(30(34)2)41-28-33(39-3)29-42-44(37,38)43-32-20-17-19-31(26-32)27-36-23-14-13-15-24-36/h13-15,17-24,26,33H,4-12,16,25,27-29H2,1-3H3/p+1. The zero-order valence-electron chi connectivity index (χ0n) is 26.7. The second-order valence-electron chi connectivity index (χ2n) is 11.1. The van der Waals surface area contributed by atoms with E-state index in [1.54, 1.807) is 18.2 Å². The van der Waals surface area contributed by atoms with E-state index in [-0.39, 0.29) is 19.0 Å². The monoisotopic (exact) mass is 628 g/mol. The molecule has 44 heavy (non-hydrogen) atoms. The lowest BCUT2D eigenvalue weighted by molar-refractivity contribution is -0.688. The molecule has 0 saturated carbocycles. The normalized spacial score (nSPS) is 13.3. The van der Waals surface area contributed by atoms with Crippen LogP contribution in [0.1, 0.15) is 82.3 Å². The first-order chi connectivity index (χ1) is 21.4. The Morgan fingerprint density at radius 3 is 2.11 bits per heavy atom. The fourth-order valence-electron chi connectivity index (χ4n) is 4.83. The summed E-state index contributed by atoms with van der Waals surface area (Å²) in [6, 6.07) is 18.6. The van der Waals surface area contributed by atoms with Gasteiger partial charge in [0.2, 0.25) is 0 Å². The van der Waals surface area contributed by atoms with Crippen LogP contribution >= 0.6 is 7.82 Å². The minimum absolute atomic E-state index is 0.128. The summed E-state index contributed by atoms with van der Waals surface area (Å²) in [7, 11) is -2.89. The Hall–Kier alpha value is -2.90. The van der Waals surface area contributed by atoms with Gasteiger partial charge in [0, 0.05) is 30.4 Å². The highest BCUT2D eigenvalue weighted by Crippen LogP contribution is 2.44. The highest BCUT2D eigenvalue weighted by Gasteiger charge is 2.26. The number of phosphoric ester groups is 1. The van der Waals surface area contributed by atoms with Crippen molar-refractivity contribution >= 4 is 7.82 Å². The predicted octanol–water partition coefficient (Wildman–Crippen LogP) is 8.22. The molecule has 0 aliphatic heterocycles. The topological polar surface area (TPSA) is 87.3 Å². The molecule has 0 bridgehead atoms. The van der Waals surface area contributed by atoms with Gasteiger partial charge in [-0.15, -0.1) is 0 Å². The highest BCUT2D eigenvalue weighted by molar-refractivity contribution is 7.47. The molecule has 0 fully saturated rings. The second-order valence-corrected chi connectivity index (χ2v) is 12.5. The van der Waals surface area contributed by atoms with Gasteiger partial charge in [-0.3, -0.25) is 9.42 Å². The lowest BCUT2D eigenvalue weighted by atomic mass is 10.1. The molecule has 3 rings (SSSR count). The molecule has 2 atom stereocenters. The highest BCUT2D eigenvalue weighted by atomic mass is 31.2. The summed E-state index contributed by atoms with van der Waals surface area (Å²) >= 11 is 0. The summed E-state index contributed by atoms with van der Waals surface area (Å²) in [5, 5.41) is 0. The van der Waals surface area contributed by atoms with Gasteiger partial charge in [-0.2, -0.15) is 0 Å². The molecule has 1 heterocycles. The van der Waals surface area contributed by atoms with E-state index < -0.39 is 13.9 Å². The molecule has 9 heteroatoms. The number of rotatable bonds is 23. The summed E-state index contributed by atoms with van der Waals surface area (Å²) < 4.78 is 42.8. The predicted molar refractivity (Wildman–Crippen MR) is 173 cm³/mol. The molecule has 0 amide bonds. The lowest BCUT2D eigenvalue weighted by Gasteiger charge is -2.20. The Morgan fingerprint density at radius 2 is 1.43 bits per heavy atom. The fourth-order valence-corrected chi connectivity index (χ4v) is 5.62. The molecular formula is C35H51NO7P+. The number of hydrogen-bond donors (Lipinski definition) is 1. The summed E-state index contributed by atoms with van der Waals surface area (Å²) in [4.78, 5) is 10.4. The number of hydrogen-bond acceptors (Lipinski definition) is 6. The van der Waals surface area contributed by atoms with E-state index in [4.69, 9.17) is 23.3 Å². The van der Waals surface area contributed by atoms with E-state index in [9.17, 15) is 9.46 Å². The van der Waals surface area contributed by atoms with E-state index in [0.717, 1.165) is 23.3 Å². The van der Waals surface area contributed by atoms with Crippen LogP contribution in [0.2, 0.25) is 0 Å². The van der Waals surface area contributed by atoms with Crippen LogP contribution in [0.25, 0.3) is 0 Å². The van der Waals surface area contributed by atoms with Gasteiger partial charge in [-0.25, -0.2) is 9.13 Å². The van der Waals surface area contributed by atoms with Crippen molar-refractivity contribution in [3.8, 4) is 17.2 Å². The largest absolute Gasteiger partial charge is 0.527 e. The van der Waals surface area contributed by atoms with E-state index in [1.807, 2.05) is 66.3 Å². The maximum absolute atomic E-state index is 12.7. The molecule has 0 aliphatic rings. The molecule has 242 valence electrons. The van der Waals surface area contributed by atoms with Crippen LogP contribution < -0.4 is 18.6 Å². The second kappa shape index (κ2) is 20.2. The summed E-state index contributed by atoms with van der Waals surface area (Å²) in [5.74, 6) is 1.72. The molecule has 1 aromatic heterocycles. The third-order valence-electron chi connectivity index (χ3n) is 7.43. The summed E-state index contributed by atoms with van der Waals surface area (Å²) in [6.07, 6.45) is 16.2. The number of unbranched alkanes of at least 4 members (excludes halogenated alkanes) is 9. The average Bonchev–Trinajstić information content (AvgIpc) is 3.01. The van der Waals surface area contributed by atoms with Gasteiger partial charge in [0.05, 0.1) is 13.2 Å². The molecule has 2 unspecified atom stereocenters. The molecule has 3 aromatic rings. The first kappa shape index (κ1) is 35.6. The average molecular weight is 629 g/mol. The van der Waals surface area contributed by atoms with Gasteiger partial charge < -0.3 is 18.7 Å². The number of benzene rings is 2. The van der Waals surface area contributed by atoms with Crippen LogP contribution in [0.4, 0.5) is 0 Å². The molecule has 0 spiro atoms. The van der Waals surface area contributed by atoms with Crippen molar-refractivity contribution in [3.63, 3.8) is 0 Å². The molecule has 0 radical (unpaired) electrons. The molecule has 0 aliphatic carbocycles. The van der Waals surface area contributed by atoms with E-state index in [1.165, 1.54) is 64.9 Å². The Bertz CT molecular complexity index is 1260. The van der Waals surface area contributed by atoms with Crippen molar-refractivity contribution in [1.82, 2.24) is 0 Å². The van der Waals surface area contributed by atoms with Crippen molar-refractivity contribution in [1.29, 1.82) is 0 Å². The number of pyridine rings is 1. The first-order valence-electron chi connectivity index (χ1n) is 16.0. The van der Waals surface area contributed by atoms with Crippen LogP contribution in [-0.4, -0.2) is 37.9 Å². The number of phosphoric acid groups is 1. The van der Waals surface area contributed by atoms with E-state index >= 15 is 0 Å². The van der Waals surface area contributed by atoms with Crippen molar-refractivity contribution in [2.45, 2.75) is 90.7 Å².